The maximum Gasteiger partial charge on any atom is 0.318 e. The van der Waals surface area contributed by atoms with Crippen molar-refractivity contribution in [1.29, 1.82) is 0 Å². The van der Waals surface area contributed by atoms with Gasteiger partial charge in [0.1, 0.15) is 5.69 Å². The normalized spacial score (nSPS) is 17.6. The lowest BCUT2D eigenvalue weighted by Gasteiger charge is -2.33. The molecule has 3 aromatic heterocycles. The molecule has 2 aliphatic rings. The van der Waals surface area contributed by atoms with Crippen molar-refractivity contribution >= 4 is 12.0 Å². The molecule has 0 unspecified atom stereocenters. The number of aromatic nitrogens is 7. The second-order valence-corrected chi connectivity index (χ2v) is 8.86. The minimum Gasteiger partial charge on any atom is -0.403 e. The Labute approximate surface area is 196 Å². The number of nitrogens with one attached hydrogen (secondary N) is 1. The predicted octanol–water partition coefficient (Wildman–Crippen LogP) is 2.85. The molecule has 1 aromatic carbocycles. The molecule has 1 saturated heterocycles. The quantitative estimate of drug-likeness (QED) is 0.449. The van der Waals surface area contributed by atoms with Crippen LogP contribution in [0.4, 0.5) is 25.1 Å². The molecule has 10 nitrogen and oxygen atoms in total. The van der Waals surface area contributed by atoms with E-state index in [1.54, 1.807) is 0 Å². The Morgan fingerprint density at radius 3 is 2.43 bits per heavy atom. The van der Waals surface area contributed by atoms with Crippen molar-refractivity contribution in [3.63, 3.8) is 0 Å². The number of nitrogens with zero attached hydrogens (tertiary/aromatic N) is 7. The number of benzene rings is 1. The van der Waals surface area contributed by atoms with Crippen molar-refractivity contribution in [2.24, 2.45) is 0 Å². The van der Waals surface area contributed by atoms with Crippen molar-refractivity contribution in [3.8, 4) is 11.5 Å². The number of nitrogens with two attached hydrogens (primary N) is 1. The van der Waals surface area contributed by atoms with E-state index in [0.29, 0.717) is 37.2 Å². The molecule has 0 radical (unpaired) electrons. The molecule has 35 heavy (non-hydrogen) atoms. The molecule has 13 heteroatoms. The van der Waals surface area contributed by atoms with E-state index in [2.05, 4.69) is 35.6 Å². The lowest BCUT2D eigenvalue weighted by atomic mass is 9.91. The van der Waals surface area contributed by atoms with Crippen LogP contribution < -0.4 is 10.6 Å². The van der Waals surface area contributed by atoms with Gasteiger partial charge < -0.3 is 15.1 Å². The van der Waals surface area contributed by atoms with Gasteiger partial charge in [-0.15, -0.1) is 5.10 Å². The Morgan fingerprint density at radius 2 is 1.77 bits per heavy atom. The summed E-state index contributed by atoms with van der Waals surface area (Å²) in [5.74, 6) is -1.69. The number of hydrogen-bond donors (Lipinski definition) is 2. The number of aromatic amines is 1. The molecule has 0 saturated carbocycles. The number of halogens is 3. The smallest absolute Gasteiger partial charge is 0.318 e. The van der Waals surface area contributed by atoms with Crippen LogP contribution in [0.2, 0.25) is 0 Å². The predicted molar refractivity (Wildman–Crippen MR) is 117 cm³/mol. The first kappa shape index (κ1) is 21.5. The van der Waals surface area contributed by atoms with Crippen LogP contribution in [0, 0.1) is 11.6 Å². The van der Waals surface area contributed by atoms with E-state index in [4.69, 9.17) is 10.2 Å². The molecular formula is C22H20F3N9O. The molecular weight excluding hydrogens is 463 g/mol. The topological polar surface area (TPSA) is 136 Å². The van der Waals surface area contributed by atoms with E-state index in [1.807, 2.05) is 4.90 Å². The van der Waals surface area contributed by atoms with Gasteiger partial charge in [0.05, 0.1) is 17.5 Å². The summed E-state index contributed by atoms with van der Waals surface area (Å²) in [5, 5.41) is 18.3. The number of hydrogen-bond acceptors (Lipinski definition) is 9. The van der Waals surface area contributed by atoms with Gasteiger partial charge in [0, 0.05) is 38.0 Å². The lowest BCUT2D eigenvalue weighted by molar-refractivity contribution is 0.117. The van der Waals surface area contributed by atoms with Crippen LogP contribution in [0.3, 0.4) is 0 Å². The van der Waals surface area contributed by atoms with Gasteiger partial charge in [-0.1, -0.05) is 5.10 Å². The summed E-state index contributed by atoms with van der Waals surface area (Å²) in [6.45, 7) is 0.705. The van der Waals surface area contributed by atoms with Crippen molar-refractivity contribution in [2.45, 2.75) is 37.3 Å². The van der Waals surface area contributed by atoms with Crippen LogP contribution in [0.15, 0.2) is 28.9 Å². The molecule has 0 amide bonds. The number of anilines is 2. The Morgan fingerprint density at radius 1 is 1.06 bits per heavy atom. The number of piperidine rings is 1. The van der Waals surface area contributed by atoms with Gasteiger partial charge in [0.15, 0.2) is 17.3 Å². The standard InChI is InChI=1S/C22H20F3N9O/c23-15-7-11-5-13(6-12(11)8-16(15)24)18-14(9-27-20(26)29-18)19-31-32-21(35-19)34-3-1-22(25,2-4-34)17-10-28-33-30-17/h7-10,13H,1-6H2,(H2,26,27,29)(H,28,30,33). The van der Waals surface area contributed by atoms with Crippen molar-refractivity contribution in [2.75, 3.05) is 23.7 Å². The van der Waals surface area contributed by atoms with Crippen molar-refractivity contribution in [1.82, 2.24) is 35.6 Å². The largest absolute Gasteiger partial charge is 0.403 e. The number of alkyl halides is 1. The summed E-state index contributed by atoms with van der Waals surface area (Å²) in [7, 11) is 0. The third-order valence-electron chi connectivity index (χ3n) is 6.74. The van der Waals surface area contributed by atoms with Gasteiger partial charge in [0.25, 0.3) is 5.89 Å². The number of H-pyrrole nitrogens is 1. The summed E-state index contributed by atoms with van der Waals surface area (Å²) in [6, 6.07) is 2.70. The molecule has 0 atom stereocenters. The van der Waals surface area contributed by atoms with Crippen LogP contribution in [0.5, 0.6) is 0 Å². The Kier molecular flexibility index (Phi) is 4.93. The third kappa shape index (κ3) is 3.76. The fourth-order valence-electron chi connectivity index (χ4n) is 4.87. The van der Waals surface area contributed by atoms with Gasteiger partial charge in [-0.3, -0.25) is 0 Å². The monoisotopic (exact) mass is 483 g/mol. The van der Waals surface area contributed by atoms with Crippen LogP contribution >= 0.6 is 0 Å². The van der Waals surface area contributed by atoms with Crippen molar-refractivity contribution < 1.29 is 17.6 Å². The maximum absolute atomic E-state index is 15.2. The lowest BCUT2D eigenvalue weighted by Crippen LogP contribution is -2.40. The molecule has 6 rings (SSSR count). The summed E-state index contributed by atoms with van der Waals surface area (Å²) >= 11 is 0. The van der Waals surface area contributed by atoms with E-state index in [-0.39, 0.29) is 42.3 Å². The minimum atomic E-state index is -1.57. The fraction of sp³-hybridized carbons (Fsp3) is 0.364. The SMILES string of the molecule is Nc1ncc(-c2nnc(N3CCC(F)(c4cn[nH]n4)CC3)o2)c(C2Cc3cc(F)c(F)cc3C2)n1. The van der Waals surface area contributed by atoms with E-state index >= 15 is 4.39 Å². The number of fused-ring (bicyclic) bond motifs is 1. The Balaban J connectivity index is 1.24. The molecule has 0 spiro atoms. The Hall–Kier alpha value is -4.03. The molecule has 1 aliphatic heterocycles. The molecule has 4 aromatic rings. The zero-order valence-corrected chi connectivity index (χ0v) is 18.4. The highest BCUT2D eigenvalue weighted by Crippen LogP contribution is 2.40. The maximum atomic E-state index is 15.2. The average Bonchev–Trinajstić information content (AvgIpc) is 3.61. The second-order valence-electron chi connectivity index (χ2n) is 8.86. The molecule has 1 aliphatic carbocycles. The van der Waals surface area contributed by atoms with Crippen molar-refractivity contribution in [3.05, 3.63) is 58.7 Å². The molecule has 0 bridgehead atoms. The highest BCUT2D eigenvalue weighted by atomic mass is 19.2. The van der Waals surface area contributed by atoms with Crippen LogP contribution in [0.25, 0.3) is 11.5 Å². The third-order valence-corrected chi connectivity index (χ3v) is 6.74. The van der Waals surface area contributed by atoms with E-state index in [1.165, 1.54) is 24.5 Å². The molecule has 3 N–H and O–H groups in total. The molecule has 1 fully saturated rings. The molecule has 180 valence electrons. The van der Waals surface area contributed by atoms with E-state index < -0.39 is 17.3 Å². The average molecular weight is 483 g/mol. The minimum absolute atomic E-state index is 0.0694. The number of rotatable bonds is 4. The summed E-state index contributed by atoms with van der Waals surface area (Å²) in [6.07, 6.45) is 4.22. The van der Waals surface area contributed by atoms with Gasteiger partial charge in [-0.25, -0.2) is 23.1 Å². The highest BCUT2D eigenvalue weighted by molar-refractivity contribution is 5.59. The van der Waals surface area contributed by atoms with Gasteiger partial charge >= 0.3 is 6.01 Å². The van der Waals surface area contributed by atoms with Gasteiger partial charge in [-0.05, 0) is 36.1 Å². The highest BCUT2D eigenvalue weighted by Gasteiger charge is 2.40. The van der Waals surface area contributed by atoms with Gasteiger partial charge in [0.2, 0.25) is 5.95 Å². The van der Waals surface area contributed by atoms with Gasteiger partial charge in [-0.2, -0.15) is 15.4 Å². The van der Waals surface area contributed by atoms with E-state index in [0.717, 1.165) is 11.1 Å². The Bertz CT molecular complexity index is 1350. The first-order valence-electron chi connectivity index (χ1n) is 11.1. The van der Waals surface area contributed by atoms with Crippen LogP contribution in [-0.4, -0.2) is 48.7 Å². The fourth-order valence-corrected chi connectivity index (χ4v) is 4.87. The zero-order valence-electron chi connectivity index (χ0n) is 18.4. The second kappa shape index (κ2) is 8.03. The summed E-state index contributed by atoms with van der Waals surface area (Å²) < 4.78 is 48.6. The number of nitrogen functional groups attached to an aromatic ring is 1. The van der Waals surface area contributed by atoms with E-state index in [9.17, 15) is 8.78 Å². The zero-order chi connectivity index (χ0) is 24.2. The summed E-state index contributed by atoms with van der Waals surface area (Å²) in [5.41, 5.74) is 7.07. The van der Waals surface area contributed by atoms with Crippen LogP contribution in [-0.2, 0) is 18.5 Å². The van der Waals surface area contributed by atoms with Crippen LogP contribution in [0.1, 0.15) is 41.3 Å². The molecule has 4 heterocycles. The summed E-state index contributed by atoms with van der Waals surface area (Å²) in [4.78, 5) is 10.3. The first-order valence-corrected chi connectivity index (χ1v) is 11.1. The first-order chi connectivity index (χ1) is 16.9.